The van der Waals surface area contributed by atoms with E-state index in [-0.39, 0.29) is 11.5 Å². The molecule has 0 saturated heterocycles. The third kappa shape index (κ3) is 1.95. The highest BCUT2D eigenvalue weighted by molar-refractivity contribution is 5.62. The number of aromatic nitrogens is 4. The van der Waals surface area contributed by atoms with Crippen molar-refractivity contribution < 1.29 is 8.91 Å². The molecule has 0 spiro atoms. The molecule has 0 radical (unpaired) electrons. The van der Waals surface area contributed by atoms with Gasteiger partial charge >= 0.3 is 0 Å². The van der Waals surface area contributed by atoms with E-state index in [0.29, 0.717) is 17.2 Å². The average Bonchev–Trinajstić information content (AvgIpc) is 3.00. The van der Waals surface area contributed by atoms with Crippen LogP contribution >= 0.6 is 0 Å². The molecule has 3 rings (SSSR count). The number of nitrogens with zero attached hydrogens (tertiary/aromatic N) is 4. The van der Waals surface area contributed by atoms with Crippen LogP contribution in [0.5, 0.6) is 0 Å². The third-order valence-corrected chi connectivity index (χ3v) is 2.69. The summed E-state index contributed by atoms with van der Waals surface area (Å²) in [4.78, 5) is 8.11. The molecule has 7 heteroatoms. The predicted molar refractivity (Wildman–Crippen MR) is 66.3 cm³/mol. The van der Waals surface area contributed by atoms with Gasteiger partial charge in [-0.25, -0.2) is 9.37 Å². The molecule has 96 valence electrons. The fourth-order valence-electron chi connectivity index (χ4n) is 1.72. The normalized spacial score (nSPS) is 10.8. The second kappa shape index (κ2) is 4.20. The van der Waals surface area contributed by atoms with Gasteiger partial charge in [0.15, 0.2) is 0 Å². The molecular weight excluding hydrogens is 249 g/mol. The van der Waals surface area contributed by atoms with Crippen LogP contribution in [-0.4, -0.2) is 19.7 Å². The van der Waals surface area contributed by atoms with E-state index in [4.69, 9.17) is 10.3 Å². The number of benzene rings is 1. The van der Waals surface area contributed by atoms with Gasteiger partial charge in [-0.05, 0) is 18.2 Å². The summed E-state index contributed by atoms with van der Waals surface area (Å²) in [6.45, 7) is 0. The molecule has 0 fully saturated rings. The van der Waals surface area contributed by atoms with Gasteiger partial charge in [0, 0.05) is 12.7 Å². The third-order valence-electron chi connectivity index (χ3n) is 2.69. The van der Waals surface area contributed by atoms with E-state index in [2.05, 4.69) is 15.1 Å². The molecule has 2 N–H and O–H groups in total. The van der Waals surface area contributed by atoms with Crippen LogP contribution in [0.2, 0.25) is 0 Å². The van der Waals surface area contributed by atoms with E-state index in [1.54, 1.807) is 24.1 Å². The Balaban J connectivity index is 2.06. The highest BCUT2D eigenvalue weighted by Crippen LogP contribution is 2.25. The molecular formula is C12H10FN5O. The van der Waals surface area contributed by atoms with E-state index in [0.717, 1.165) is 0 Å². The number of aryl methyl sites for hydroxylation is 1. The molecule has 19 heavy (non-hydrogen) atoms. The van der Waals surface area contributed by atoms with Crippen LogP contribution in [0.1, 0.15) is 0 Å². The molecule has 1 aromatic carbocycles. The van der Waals surface area contributed by atoms with Gasteiger partial charge in [-0.2, -0.15) is 4.98 Å². The van der Waals surface area contributed by atoms with Crippen molar-refractivity contribution in [3.63, 3.8) is 0 Å². The summed E-state index contributed by atoms with van der Waals surface area (Å²) in [5.41, 5.74) is 6.91. The Labute approximate surface area is 107 Å². The van der Waals surface area contributed by atoms with Crippen molar-refractivity contribution in [3.8, 4) is 23.0 Å². The smallest absolute Gasteiger partial charge is 0.261 e. The first-order chi connectivity index (χ1) is 9.15. The molecule has 3 aromatic rings. The highest BCUT2D eigenvalue weighted by Gasteiger charge is 2.16. The first-order valence-electron chi connectivity index (χ1n) is 5.51. The molecule has 0 atom stereocenters. The predicted octanol–water partition coefficient (Wildman–Crippen LogP) is 1.86. The first kappa shape index (κ1) is 11.4. The van der Waals surface area contributed by atoms with E-state index in [9.17, 15) is 4.39 Å². The molecule has 0 aliphatic carbocycles. The minimum Gasteiger partial charge on any atom is -0.399 e. The number of rotatable bonds is 2. The molecule has 6 nitrogen and oxygen atoms in total. The molecule has 2 aromatic heterocycles. The number of imidazole rings is 1. The summed E-state index contributed by atoms with van der Waals surface area (Å²) < 4.78 is 20.5. The van der Waals surface area contributed by atoms with Crippen LogP contribution < -0.4 is 5.73 Å². The molecule has 2 heterocycles. The van der Waals surface area contributed by atoms with Crippen molar-refractivity contribution in [3.05, 3.63) is 36.5 Å². The van der Waals surface area contributed by atoms with Crippen molar-refractivity contribution in [2.45, 2.75) is 0 Å². The monoisotopic (exact) mass is 259 g/mol. The zero-order valence-corrected chi connectivity index (χ0v) is 10.0. The van der Waals surface area contributed by atoms with E-state index in [1.165, 1.54) is 18.2 Å². The number of hydrogen-bond acceptors (Lipinski definition) is 5. The maximum absolute atomic E-state index is 13.7. The van der Waals surface area contributed by atoms with Gasteiger partial charge in [0.1, 0.15) is 11.5 Å². The van der Waals surface area contributed by atoms with E-state index in [1.807, 2.05) is 0 Å². The maximum atomic E-state index is 13.7. The molecule has 0 aliphatic rings. The Hall–Kier alpha value is -2.70. The SMILES string of the molecule is Cn1cncc1-c1noc(-c2cc(N)ccc2F)n1. The fraction of sp³-hybridized carbons (Fsp3) is 0.0833. The van der Waals surface area contributed by atoms with Crippen LogP contribution in [0.15, 0.2) is 35.2 Å². The standard InChI is InChI=1S/C12H10FN5O/c1-18-6-15-5-10(18)11-16-12(19-17-11)8-4-7(14)2-3-9(8)13/h2-6H,14H2,1H3. The summed E-state index contributed by atoms with van der Waals surface area (Å²) in [5, 5.41) is 3.81. The lowest BCUT2D eigenvalue weighted by atomic mass is 10.2. The van der Waals surface area contributed by atoms with Gasteiger partial charge in [-0.3, -0.25) is 0 Å². The Morgan fingerprint density at radius 1 is 1.37 bits per heavy atom. The Kier molecular flexibility index (Phi) is 2.52. The zero-order valence-electron chi connectivity index (χ0n) is 10.0. The van der Waals surface area contributed by atoms with Crippen LogP contribution in [-0.2, 0) is 7.05 Å². The Morgan fingerprint density at radius 2 is 2.21 bits per heavy atom. The van der Waals surface area contributed by atoms with Crippen LogP contribution in [0.25, 0.3) is 23.0 Å². The molecule has 0 saturated carbocycles. The minimum atomic E-state index is -0.464. The van der Waals surface area contributed by atoms with Crippen LogP contribution in [0.3, 0.4) is 0 Å². The van der Waals surface area contributed by atoms with Gasteiger partial charge in [-0.1, -0.05) is 5.16 Å². The number of halogens is 1. The van der Waals surface area contributed by atoms with Crippen molar-refractivity contribution in [2.24, 2.45) is 7.05 Å². The molecule has 0 bridgehead atoms. The van der Waals surface area contributed by atoms with Gasteiger partial charge in [0.05, 0.1) is 18.1 Å². The summed E-state index contributed by atoms with van der Waals surface area (Å²) in [6, 6.07) is 4.19. The Bertz CT molecular complexity index is 733. The average molecular weight is 259 g/mol. The topological polar surface area (TPSA) is 82.8 Å². The molecule has 0 unspecified atom stereocenters. The fourth-order valence-corrected chi connectivity index (χ4v) is 1.72. The van der Waals surface area contributed by atoms with Gasteiger partial charge in [-0.15, -0.1) is 0 Å². The highest BCUT2D eigenvalue weighted by atomic mass is 19.1. The number of hydrogen-bond donors (Lipinski definition) is 1. The number of nitrogen functional groups attached to an aromatic ring is 1. The van der Waals surface area contributed by atoms with Crippen LogP contribution in [0.4, 0.5) is 10.1 Å². The molecule has 0 aliphatic heterocycles. The minimum absolute atomic E-state index is 0.0843. The van der Waals surface area contributed by atoms with E-state index >= 15 is 0 Å². The largest absolute Gasteiger partial charge is 0.399 e. The summed E-state index contributed by atoms with van der Waals surface area (Å²) in [6.07, 6.45) is 3.22. The quantitative estimate of drug-likeness (QED) is 0.710. The Morgan fingerprint density at radius 3 is 2.95 bits per heavy atom. The lowest BCUT2D eigenvalue weighted by Gasteiger charge is -1.98. The second-order valence-corrected chi connectivity index (χ2v) is 4.05. The second-order valence-electron chi connectivity index (χ2n) is 4.05. The van der Waals surface area contributed by atoms with Crippen molar-refractivity contribution in [1.29, 1.82) is 0 Å². The lowest BCUT2D eigenvalue weighted by molar-refractivity contribution is 0.429. The van der Waals surface area contributed by atoms with Gasteiger partial charge in [0.25, 0.3) is 5.89 Å². The lowest BCUT2D eigenvalue weighted by Crippen LogP contribution is -1.92. The summed E-state index contributed by atoms with van der Waals surface area (Å²) in [7, 11) is 1.81. The van der Waals surface area contributed by atoms with Crippen LogP contribution in [0, 0.1) is 5.82 Å². The van der Waals surface area contributed by atoms with Crippen molar-refractivity contribution in [2.75, 3.05) is 5.73 Å². The van der Waals surface area contributed by atoms with Gasteiger partial charge < -0.3 is 14.8 Å². The van der Waals surface area contributed by atoms with Gasteiger partial charge in [0.2, 0.25) is 5.82 Å². The number of nitrogens with two attached hydrogens (primary N) is 1. The van der Waals surface area contributed by atoms with Crippen molar-refractivity contribution in [1.82, 2.24) is 19.7 Å². The van der Waals surface area contributed by atoms with Crippen molar-refractivity contribution >= 4 is 5.69 Å². The zero-order chi connectivity index (χ0) is 13.4. The first-order valence-corrected chi connectivity index (χ1v) is 5.51. The summed E-state index contributed by atoms with van der Waals surface area (Å²) in [5.74, 6) is -0.0350. The molecule has 0 amide bonds. The summed E-state index contributed by atoms with van der Waals surface area (Å²) >= 11 is 0. The van der Waals surface area contributed by atoms with E-state index < -0.39 is 5.82 Å². The number of anilines is 1. The maximum Gasteiger partial charge on any atom is 0.261 e.